The molecule has 2 N–H and O–H groups in total. The van der Waals surface area contributed by atoms with Crippen molar-refractivity contribution in [1.82, 2.24) is 0 Å². The highest BCUT2D eigenvalue weighted by atomic mass is 16.5. The summed E-state index contributed by atoms with van der Waals surface area (Å²) >= 11 is 0. The molecular weight excluding hydrogens is 272 g/mol. The van der Waals surface area contributed by atoms with Crippen LogP contribution < -0.4 is 10.1 Å². The number of carbonyl (C=O) groups is 2. The monoisotopic (exact) mass is 288 g/mol. The van der Waals surface area contributed by atoms with Crippen molar-refractivity contribution in [2.75, 3.05) is 12.4 Å². The number of benzene rings is 1. The number of nitriles is 1. The first-order valence-corrected chi connectivity index (χ1v) is 6.69. The zero-order valence-electron chi connectivity index (χ0n) is 11.6. The Kier molecular flexibility index (Phi) is 4.43. The van der Waals surface area contributed by atoms with Gasteiger partial charge < -0.3 is 15.2 Å². The first kappa shape index (κ1) is 14.9. The number of methoxy groups -OCH3 is 1. The number of nitrogens with zero attached hydrogens (tertiary/aromatic N) is 1. The molecule has 6 heteroatoms. The van der Waals surface area contributed by atoms with Crippen molar-refractivity contribution in [1.29, 1.82) is 5.26 Å². The Bertz CT molecular complexity index is 606. The number of carboxylic acids is 1. The zero-order valence-corrected chi connectivity index (χ0v) is 11.6. The third kappa shape index (κ3) is 2.97. The lowest BCUT2D eigenvalue weighted by atomic mass is 9.95. The molecule has 21 heavy (non-hydrogen) atoms. The van der Waals surface area contributed by atoms with Crippen molar-refractivity contribution >= 4 is 17.6 Å². The first-order chi connectivity index (χ1) is 10.1. The summed E-state index contributed by atoms with van der Waals surface area (Å²) in [4.78, 5) is 23.5. The van der Waals surface area contributed by atoms with E-state index in [1.165, 1.54) is 7.11 Å². The summed E-state index contributed by atoms with van der Waals surface area (Å²) in [5, 5.41) is 20.9. The van der Waals surface area contributed by atoms with Crippen LogP contribution in [0, 0.1) is 23.2 Å². The molecule has 1 amide bonds. The molecule has 1 aromatic carbocycles. The highest BCUT2D eigenvalue weighted by molar-refractivity contribution is 5.97. The van der Waals surface area contributed by atoms with E-state index in [4.69, 9.17) is 15.1 Å². The van der Waals surface area contributed by atoms with Gasteiger partial charge >= 0.3 is 5.97 Å². The van der Waals surface area contributed by atoms with E-state index in [-0.39, 0.29) is 11.5 Å². The summed E-state index contributed by atoms with van der Waals surface area (Å²) in [5.74, 6) is -2.18. The Morgan fingerprint density at radius 1 is 1.38 bits per heavy atom. The van der Waals surface area contributed by atoms with Crippen LogP contribution in [0.1, 0.15) is 24.8 Å². The molecule has 0 aromatic heterocycles. The number of para-hydroxylation sites is 1. The molecule has 0 saturated heterocycles. The third-order valence-electron chi connectivity index (χ3n) is 3.78. The van der Waals surface area contributed by atoms with Crippen LogP contribution in [0.4, 0.5) is 5.69 Å². The molecule has 1 aliphatic rings. The van der Waals surface area contributed by atoms with Crippen LogP contribution >= 0.6 is 0 Å². The number of hydrogen-bond donors (Lipinski definition) is 2. The van der Waals surface area contributed by atoms with Crippen LogP contribution in [0.5, 0.6) is 5.75 Å². The number of ether oxygens (including phenoxy) is 1. The van der Waals surface area contributed by atoms with Crippen LogP contribution in [-0.4, -0.2) is 24.1 Å². The fourth-order valence-corrected chi connectivity index (χ4v) is 2.71. The van der Waals surface area contributed by atoms with Gasteiger partial charge in [-0.15, -0.1) is 0 Å². The quantitative estimate of drug-likeness (QED) is 0.882. The number of carboxylic acid groups (broad SMARTS) is 1. The highest BCUT2D eigenvalue weighted by Gasteiger charge is 2.38. The summed E-state index contributed by atoms with van der Waals surface area (Å²) in [6.07, 6.45) is 1.76. The van der Waals surface area contributed by atoms with Gasteiger partial charge in [-0.25, -0.2) is 0 Å². The Hall–Kier alpha value is -2.55. The zero-order chi connectivity index (χ0) is 15.4. The maximum absolute atomic E-state index is 12.3. The molecule has 1 saturated carbocycles. The van der Waals surface area contributed by atoms with Gasteiger partial charge in [0.15, 0.2) is 0 Å². The fourth-order valence-electron chi connectivity index (χ4n) is 2.71. The van der Waals surface area contributed by atoms with Crippen LogP contribution in [0.3, 0.4) is 0 Å². The molecule has 0 aliphatic heterocycles. The van der Waals surface area contributed by atoms with Gasteiger partial charge in [-0.1, -0.05) is 12.5 Å². The van der Waals surface area contributed by atoms with E-state index < -0.39 is 17.8 Å². The average molecular weight is 288 g/mol. The van der Waals surface area contributed by atoms with E-state index in [0.29, 0.717) is 30.7 Å². The number of aliphatic carboxylic acids is 1. The van der Waals surface area contributed by atoms with Crippen LogP contribution in [-0.2, 0) is 9.59 Å². The maximum atomic E-state index is 12.3. The van der Waals surface area contributed by atoms with Crippen LogP contribution in [0.15, 0.2) is 18.2 Å². The van der Waals surface area contributed by atoms with Gasteiger partial charge in [0.25, 0.3) is 0 Å². The van der Waals surface area contributed by atoms with Crippen molar-refractivity contribution in [3.8, 4) is 11.8 Å². The van der Waals surface area contributed by atoms with E-state index >= 15 is 0 Å². The van der Waals surface area contributed by atoms with E-state index in [2.05, 4.69) is 5.32 Å². The lowest BCUT2D eigenvalue weighted by molar-refractivity contribution is -0.145. The van der Waals surface area contributed by atoms with Crippen molar-refractivity contribution in [2.45, 2.75) is 19.3 Å². The molecule has 2 rings (SSSR count). The van der Waals surface area contributed by atoms with Gasteiger partial charge in [-0.2, -0.15) is 5.26 Å². The largest absolute Gasteiger partial charge is 0.495 e. The SMILES string of the molecule is COc1cccc(C#N)c1NC(=O)C1CCCC1C(=O)O. The van der Waals surface area contributed by atoms with Crippen LogP contribution in [0.2, 0.25) is 0 Å². The van der Waals surface area contributed by atoms with Gasteiger partial charge in [-0.05, 0) is 25.0 Å². The van der Waals surface area contributed by atoms with Gasteiger partial charge in [0.2, 0.25) is 5.91 Å². The number of hydrogen-bond acceptors (Lipinski definition) is 4. The van der Waals surface area contributed by atoms with Crippen LogP contribution in [0.25, 0.3) is 0 Å². The topological polar surface area (TPSA) is 99.4 Å². The standard InChI is InChI=1S/C15H16N2O4/c1-21-12-7-2-4-9(8-16)13(12)17-14(18)10-5-3-6-11(10)15(19)20/h2,4,7,10-11H,3,5-6H2,1H3,(H,17,18)(H,19,20). The number of rotatable bonds is 4. The second kappa shape index (κ2) is 6.27. The van der Waals surface area contributed by atoms with E-state index in [1.54, 1.807) is 18.2 Å². The minimum absolute atomic E-state index is 0.285. The molecular formula is C15H16N2O4. The minimum atomic E-state index is -0.951. The normalized spacial score (nSPS) is 20.6. The molecule has 1 aliphatic carbocycles. The third-order valence-corrected chi connectivity index (χ3v) is 3.78. The second-order valence-electron chi connectivity index (χ2n) is 4.97. The summed E-state index contributed by atoms with van der Waals surface area (Å²) in [6, 6.07) is 6.85. The molecule has 0 radical (unpaired) electrons. The van der Waals surface area contributed by atoms with Gasteiger partial charge in [0.05, 0.1) is 24.5 Å². The number of carbonyl (C=O) groups excluding carboxylic acids is 1. The van der Waals surface area contributed by atoms with Gasteiger partial charge in [0, 0.05) is 0 Å². The Morgan fingerprint density at radius 2 is 2.10 bits per heavy atom. The Morgan fingerprint density at radius 3 is 2.71 bits per heavy atom. The predicted octanol–water partition coefficient (Wildman–Crippen LogP) is 2.01. The predicted molar refractivity (Wildman–Crippen MR) is 74.8 cm³/mol. The lowest BCUT2D eigenvalue weighted by Gasteiger charge is -2.17. The van der Waals surface area contributed by atoms with Crippen molar-refractivity contribution in [3.05, 3.63) is 23.8 Å². The number of nitrogens with one attached hydrogen (secondary N) is 1. The van der Waals surface area contributed by atoms with E-state index in [1.807, 2.05) is 6.07 Å². The fraction of sp³-hybridized carbons (Fsp3) is 0.400. The molecule has 6 nitrogen and oxygen atoms in total. The van der Waals surface area contributed by atoms with Crippen molar-refractivity contribution in [2.24, 2.45) is 11.8 Å². The number of anilines is 1. The summed E-state index contributed by atoms with van der Waals surface area (Å²) in [5.41, 5.74) is 0.580. The summed E-state index contributed by atoms with van der Waals surface area (Å²) in [7, 11) is 1.45. The van der Waals surface area contributed by atoms with Crippen molar-refractivity contribution < 1.29 is 19.4 Å². The molecule has 2 atom stereocenters. The molecule has 1 fully saturated rings. The molecule has 0 spiro atoms. The first-order valence-electron chi connectivity index (χ1n) is 6.69. The number of amides is 1. The molecule has 0 heterocycles. The molecule has 1 aromatic rings. The van der Waals surface area contributed by atoms with E-state index in [0.717, 1.165) is 0 Å². The maximum Gasteiger partial charge on any atom is 0.307 e. The molecule has 0 bridgehead atoms. The Labute approximate surface area is 122 Å². The second-order valence-corrected chi connectivity index (χ2v) is 4.97. The van der Waals surface area contributed by atoms with Gasteiger partial charge in [-0.3, -0.25) is 9.59 Å². The molecule has 2 unspecified atom stereocenters. The van der Waals surface area contributed by atoms with Gasteiger partial charge in [0.1, 0.15) is 17.5 Å². The molecule has 110 valence electrons. The highest BCUT2D eigenvalue weighted by Crippen LogP contribution is 2.34. The smallest absolute Gasteiger partial charge is 0.307 e. The summed E-state index contributed by atoms with van der Waals surface area (Å²) < 4.78 is 5.14. The summed E-state index contributed by atoms with van der Waals surface area (Å²) in [6.45, 7) is 0. The van der Waals surface area contributed by atoms with E-state index in [9.17, 15) is 9.59 Å². The van der Waals surface area contributed by atoms with Crippen molar-refractivity contribution in [3.63, 3.8) is 0 Å². The Balaban J connectivity index is 2.24. The minimum Gasteiger partial charge on any atom is -0.495 e. The lowest BCUT2D eigenvalue weighted by Crippen LogP contribution is -2.30. The average Bonchev–Trinajstić information content (AvgIpc) is 2.97.